The lowest BCUT2D eigenvalue weighted by Gasteiger charge is -2.27. The maximum Gasteiger partial charge on any atom is 0.342 e. The molecular formula is C38H57N3O9SSi. The molecule has 1 saturated heterocycles. The number of nitrogens with zero attached hydrogens (tertiary/aromatic N) is 3. The molecule has 0 radical (unpaired) electrons. The van der Waals surface area contributed by atoms with E-state index in [1.165, 1.54) is 7.11 Å². The zero-order chi connectivity index (χ0) is 38.3. The predicted molar refractivity (Wildman–Crippen MR) is 206 cm³/mol. The molecule has 14 heteroatoms. The van der Waals surface area contributed by atoms with Crippen LogP contribution in [0.2, 0.25) is 25.7 Å². The molecule has 0 spiro atoms. The molecule has 3 rings (SSSR count). The number of carbonyl (C=O) groups excluding carboxylic acids is 1. The van der Waals surface area contributed by atoms with Gasteiger partial charge in [0.25, 0.3) is 0 Å². The molecule has 1 fully saturated rings. The average molecular weight is 760 g/mol. The summed E-state index contributed by atoms with van der Waals surface area (Å²) in [4.78, 5) is 18.0. The Labute approximate surface area is 313 Å². The number of thioether (sulfide) groups is 1. The average Bonchev–Trinajstić information content (AvgIpc) is 3.41. The molecule has 0 amide bonds. The first-order valence-electron chi connectivity index (χ1n) is 17.9. The summed E-state index contributed by atoms with van der Waals surface area (Å²) in [5.41, 5.74) is 9.62. The van der Waals surface area contributed by atoms with Gasteiger partial charge in [-0.1, -0.05) is 62.0 Å². The molecular weight excluding hydrogens is 703 g/mol. The van der Waals surface area contributed by atoms with Crippen LogP contribution in [0.1, 0.15) is 68.1 Å². The van der Waals surface area contributed by atoms with E-state index in [0.717, 1.165) is 10.9 Å². The van der Waals surface area contributed by atoms with Gasteiger partial charge < -0.3 is 38.6 Å². The van der Waals surface area contributed by atoms with Crippen molar-refractivity contribution < 1.29 is 43.4 Å². The second-order valence-corrected chi connectivity index (χ2v) is 21.5. The van der Waals surface area contributed by atoms with Gasteiger partial charge in [-0.05, 0) is 81.8 Å². The minimum absolute atomic E-state index is 0.0828. The van der Waals surface area contributed by atoms with Gasteiger partial charge in [-0.3, -0.25) is 0 Å². The van der Waals surface area contributed by atoms with Gasteiger partial charge in [-0.15, -0.1) is 11.8 Å². The zero-order valence-electron chi connectivity index (χ0n) is 31.8. The quantitative estimate of drug-likeness (QED) is 0.0137. The number of methoxy groups -OCH3 is 1. The van der Waals surface area contributed by atoms with E-state index in [-0.39, 0.29) is 43.3 Å². The summed E-state index contributed by atoms with van der Waals surface area (Å²) < 4.78 is 36.1. The molecule has 2 aromatic rings. The maximum absolute atomic E-state index is 14.2. The van der Waals surface area contributed by atoms with Gasteiger partial charge in [0.05, 0.1) is 25.4 Å². The number of hydrogen-bond acceptors (Lipinski definition) is 11. The molecule has 2 aromatic carbocycles. The topological polar surface area (TPSA) is 162 Å². The number of azide groups is 1. The molecule has 1 heterocycles. The monoisotopic (exact) mass is 759 g/mol. The van der Waals surface area contributed by atoms with Crippen LogP contribution in [0.3, 0.4) is 0 Å². The molecule has 2 unspecified atom stereocenters. The minimum Gasteiger partial charge on any atom is -0.493 e. The van der Waals surface area contributed by atoms with Crippen LogP contribution in [0.4, 0.5) is 0 Å². The fourth-order valence-corrected chi connectivity index (χ4v) is 7.50. The number of ether oxygens (including phenoxy) is 6. The number of carbonyl (C=O) groups is 1. The van der Waals surface area contributed by atoms with E-state index in [0.29, 0.717) is 36.3 Å². The summed E-state index contributed by atoms with van der Waals surface area (Å²) in [6, 6.07) is 14.1. The van der Waals surface area contributed by atoms with E-state index < -0.39 is 44.2 Å². The molecule has 0 aromatic heterocycles. The zero-order valence-corrected chi connectivity index (χ0v) is 33.6. The molecule has 2 N–H and O–H groups in total. The van der Waals surface area contributed by atoms with Crippen LogP contribution in [0.25, 0.3) is 10.4 Å². The lowest BCUT2D eigenvalue weighted by Crippen LogP contribution is -2.34. The predicted octanol–water partition coefficient (Wildman–Crippen LogP) is 8.31. The Balaban J connectivity index is 2.11. The Hall–Kier alpha value is -3.07. The van der Waals surface area contributed by atoms with E-state index in [9.17, 15) is 15.0 Å². The van der Waals surface area contributed by atoms with Crippen LogP contribution in [-0.2, 0) is 18.9 Å². The van der Waals surface area contributed by atoms with E-state index in [2.05, 4.69) is 29.7 Å². The van der Waals surface area contributed by atoms with Crippen molar-refractivity contribution >= 4 is 25.8 Å². The van der Waals surface area contributed by atoms with Crippen molar-refractivity contribution in [3.8, 4) is 11.5 Å². The smallest absolute Gasteiger partial charge is 0.342 e. The van der Waals surface area contributed by atoms with Crippen molar-refractivity contribution in [1.82, 2.24) is 0 Å². The summed E-state index contributed by atoms with van der Waals surface area (Å²) in [5.74, 6) is -0.836. The molecule has 1 aliphatic heterocycles. The Kier molecular flexibility index (Phi) is 17.5. The van der Waals surface area contributed by atoms with Gasteiger partial charge in [-0.25, -0.2) is 4.79 Å². The molecule has 0 aliphatic carbocycles. The van der Waals surface area contributed by atoms with Crippen molar-refractivity contribution in [2.24, 2.45) is 11.0 Å². The second kappa shape index (κ2) is 21.0. The van der Waals surface area contributed by atoms with Gasteiger partial charge in [0, 0.05) is 42.3 Å². The summed E-state index contributed by atoms with van der Waals surface area (Å²) in [7, 11) is -0.00225. The third-order valence-corrected chi connectivity index (χ3v) is 11.5. The first kappa shape index (κ1) is 43.3. The van der Waals surface area contributed by atoms with Crippen LogP contribution < -0.4 is 9.47 Å². The van der Waals surface area contributed by atoms with Crippen molar-refractivity contribution in [2.45, 2.75) is 113 Å². The number of benzene rings is 2. The first-order valence-corrected chi connectivity index (χ1v) is 22.5. The van der Waals surface area contributed by atoms with Crippen LogP contribution in [-0.4, -0.2) is 88.1 Å². The Morgan fingerprint density at radius 2 is 1.77 bits per heavy atom. The lowest BCUT2D eigenvalue weighted by atomic mass is 9.95. The number of aliphatic hydroxyl groups is 2. The van der Waals surface area contributed by atoms with Gasteiger partial charge in [0.2, 0.25) is 0 Å². The third kappa shape index (κ3) is 14.1. The van der Waals surface area contributed by atoms with Gasteiger partial charge in [-0.2, -0.15) is 0 Å². The fraction of sp³-hybridized carbons (Fsp3) is 0.605. The van der Waals surface area contributed by atoms with Crippen LogP contribution >= 0.6 is 11.8 Å². The van der Waals surface area contributed by atoms with Gasteiger partial charge >= 0.3 is 5.97 Å². The molecule has 6 atom stereocenters. The summed E-state index contributed by atoms with van der Waals surface area (Å²) in [6.07, 6.45) is 2.14. The Morgan fingerprint density at radius 1 is 1.06 bits per heavy atom. The van der Waals surface area contributed by atoms with Crippen LogP contribution in [0.15, 0.2) is 64.6 Å². The van der Waals surface area contributed by atoms with Crippen molar-refractivity contribution in [2.75, 3.05) is 33.7 Å². The van der Waals surface area contributed by atoms with Gasteiger partial charge in [0.1, 0.15) is 29.3 Å². The molecule has 0 saturated carbocycles. The van der Waals surface area contributed by atoms with E-state index >= 15 is 0 Å². The third-order valence-electron chi connectivity index (χ3n) is 8.50. The summed E-state index contributed by atoms with van der Waals surface area (Å²) in [5, 5.41) is 24.5. The van der Waals surface area contributed by atoms with E-state index in [1.54, 1.807) is 43.0 Å². The lowest BCUT2D eigenvalue weighted by molar-refractivity contribution is -0.153. The normalized spacial score (nSPS) is 19.4. The maximum atomic E-state index is 14.2. The van der Waals surface area contributed by atoms with Gasteiger partial charge in [0.15, 0.2) is 12.6 Å². The molecule has 1 aliphatic rings. The van der Waals surface area contributed by atoms with E-state index in [1.807, 2.05) is 51.1 Å². The van der Waals surface area contributed by atoms with Crippen molar-refractivity contribution in [1.29, 1.82) is 0 Å². The number of hydrogen-bond donors (Lipinski definition) is 2. The van der Waals surface area contributed by atoms with Crippen molar-refractivity contribution in [3.05, 3.63) is 76.2 Å². The van der Waals surface area contributed by atoms with Crippen LogP contribution in [0, 0.1) is 5.92 Å². The molecule has 288 valence electrons. The first-order chi connectivity index (χ1) is 24.7. The fourth-order valence-electron chi connectivity index (χ4n) is 5.54. The van der Waals surface area contributed by atoms with E-state index in [4.69, 9.17) is 34.0 Å². The summed E-state index contributed by atoms with van der Waals surface area (Å²) >= 11 is 1.57. The highest BCUT2D eigenvalue weighted by molar-refractivity contribution is 7.99. The summed E-state index contributed by atoms with van der Waals surface area (Å²) in [6.45, 7) is 14.6. The Morgan fingerprint density at radius 3 is 2.42 bits per heavy atom. The standard InChI is InChI=1S/C38H57N3O9SSi/c1-26(27(2)42)15-16-29(43)36-32(49-38(3,4)50-36)19-20-33(51-28-13-10-9-11-14-28)34-30(46-22-12-21-40-41-39)17-18-31(48-25-45-5)35(34)37(44)47-23-24-52(6,7)8/h9-11,13-18,26-27,29,32-33,36,42-43H,12,19-25H2,1-8H3/b16-15-/t26-,27+,29?,32+,33?,36-/m1/s1. The molecule has 52 heavy (non-hydrogen) atoms. The minimum atomic E-state index is -1.51. The number of rotatable bonds is 22. The second-order valence-electron chi connectivity index (χ2n) is 14.6. The largest absolute Gasteiger partial charge is 0.493 e. The number of aliphatic hydroxyl groups excluding tert-OH is 2. The SMILES string of the molecule is COCOc1ccc(OCCCN=[N+]=[N-])c(C(CC[C@@H]2OC(C)(C)O[C@@H]2C(O)/C=C\[C@@H](C)[C@H](C)O)Sc2ccccc2)c1C(=O)OCC[Si](C)(C)C. The number of esters is 1. The highest BCUT2D eigenvalue weighted by atomic mass is 32.2. The highest BCUT2D eigenvalue weighted by Crippen LogP contribution is 2.48. The van der Waals surface area contributed by atoms with Crippen molar-refractivity contribution in [3.63, 3.8) is 0 Å². The highest BCUT2D eigenvalue weighted by Gasteiger charge is 2.44. The Bertz CT molecular complexity index is 1480. The van der Waals surface area contributed by atoms with Crippen LogP contribution in [0.5, 0.6) is 11.5 Å². The molecule has 0 bridgehead atoms. The molecule has 12 nitrogen and oxygen atoms in total.